The molecule has 2 aromatic rings. The van der Waals surface area contributed by atoms with Crippen LogP contribution in [-0.2, 0) is 4.74 Å². The first-order valence-corrected chi connectivity index (χ1v) is 4.48. The second-order valence-corrected chi connectivity index (χ2v) is 3.29. The van der Waals surface area contributed by atoms with Crippen molar-refractivity contribution in [3.8, 4) is 0 Å². The number of halogens is 1. The van der Waals surface area contributed by atoms with E-state index in [-0.39, 0.29) is 0 Å². The van der Waals surface area contributed by atoms with Crippen LogP contribution in [0.1, 0.15) is 10.4 Å². The fraction of sp³-hybridized carbons (Fsp3) is 0.143. The number of rotatable bonds is 1. The number of aromatic nitrogens is 4. The van der Waals surface area contributed by atoms with Crippen LogP contribution in [0.3, 0.4) is 0 Å². The summed E-state index contributed by atoms with van der Waals surface area (Å²) in [7, 11) is 1.31. The molecule has 2 heterocycles. The number of nitrogens with zero attached hydrogens (tertiary/aromatic N) is 4. The summed E-state index contributed by atoms with van der Waals surface area (Å²) < 4.78 is 6.67. The first-order chi connectivity index (χ1) is 6.74. The third-order valence-corrected chi connectivity index (χ3v) is 2.31. The molecule has 0 aromatic carbocycles. The van der Waals surface area contributed by atoms with Gasteiger partial charge in [0.15, 0.2) is 5.65 Å². The number of pyridine rings is 1. The highest BCUT2D eigenvalue weighted by molar-refractivity contribution is 9.10. The Morgan fingerprint density at radius 1 is 1.57 bits per heavy atom. The van der Waals surface area contributed by atoms with Gasteiger partial charge in [0.05, 0.1) is 7.11 Å². The summed E-state index contributed by atoms with van der Waals surface area (Å²) in [5, 5.41) is 10.9. The number of ether oxygens (including phenoxy) is 1. The predicted molar refractivity (Wildman–Crippen MR) is 49.8 cm³/mol. The average Bonchev–Trinajstić information content (AvgIpc) is 2.67. The molecule has 0 amide bonds. The Bertz CT molecular complexity index is 495. The predicted octanol–water partition coefficient (Wildman–Crippen LogP) is 0.673. The Labute approximate surface area is 87.0 Å². The summed E-state index contributed by atoms with van der Waals surface area (Å²) in [6, 6.07) is 3.28. The zero-order chi connectivity index (χ0) is 10.1. The Morgan fingerprint density at radius 2 is 2.36 bits per heavy atom. The molecule has 0 N–H and O–H groups in total. The fourth-order valence-corrected chi connectivity index (χ4v) is 1.44. The van der Waals surface area contributed by atoms with Gasteiger partial charge in [-0.25, -0.2) is 4.79 Å². The third-order valence-electron chi connectivity index (χ3n) is 1.71. The minimum absolute atomic E-state index is 0.334. The summed E-state index contributed by atoms with van der Waals surface area (Å²) in [6.45, 7) is 0. The zero-order valence-electron chi connectivity index (χ0n) is 7.14. The highest BCUT2D eigenvalue weighted by Gasteiger charge is 2.14. The molecule has 0 saturated heterocycles. The lowest BCUT2D eigenvalue weighted by Crippen LogP contribution is -2.05. The van der Waals surface area contributed by atoms with Gasteiger partial charge in [-0.05, 0) is 38.5 Å². The molecule has 0 bridgehead atoms. The van der Waals surface area contributed by atoms with Crippen LogP contribution in [0.2, 0.25) is 0 Å². The van der Waals surface area contributed by atoms with E-state index in [9.17, 15) is 4.79 Å². The van der Waals surface area contributed by atoms with Gasteiger partial charge in [0, 0.05) is 0 Å². The molecule has 0 atom stereocenters. The number of esters is 1. The van der Waals surface area contributed by atoms with Crippen molar-refractivity contribution in [2.75, 3.05) is 7.11 Å². The van der Waals surface area contributed by atoms with Crippen LogP contribution in [0.4, 0.5) is 0 Å². The molecule has 0 fully saturated rings. The standard InChI is InChI=1S/C7H5BrN4O2/c1-14-7(13)4-2-3-5(8)12-6(4)9-10-11-12/h2-3H,1H3. The van der Waals surface area contributed by atoms with Crippen molar-refractivity contribution < 1.29 is 9.53 Å². The van der Waals surface area contributed by atoms with Gasteiger partial charge in [0.1, 0.15) is 10.2 Å². The van der Waals surface area contributed by atoms with Gasteiger partial charge in [-0.3, -0.25) is 0 Å². The molecule has 72 valence electrons. The molecule has 7 heteroatoms. The van der Waals surface area contributed by atoms with Crippen LogP contribution in [0.15, 0.2) is 16.7 Å². The van der Waals surface area contributed by atoms with Crippen molar-refractivity contribution in [3.05, 3.63) is 22.3 Å². The van der Waals surface area contributed by atoms with Crippen LogP contribution in [0.25, 0.3) is 5.65 Å². The van der Waals surface area contributed by atoms with Gasteiger partial charge in [-0.15, -0.1) is 5.10 Å². The van der Waals surface area contributed by atoms with E-state index in [0.29, 0.717) is 15.8 Å². The molecule has 2 aromatic heterocycles. The van der Waals surface area contributed by atoms with E-state index in [2.05, 4.69) is 36.2 Å². The average molecular weight is 257 g/mol. The minimum Gasteiger partial charge on any atom is -0.465 e. The van der Waals surface area contributed by atoms with Crippen LogP contribution < -0.4 is 0 Å². The largest absolute Gasteiger partial charge is 0.465 e. The lowest BCUT2D eigenvalue weighted by atomic mass is 10.3. The smallest absolute Gasteiger partial charge is 0.341 e. The SMILES string of the molecule is COC(=O)c1ccc(Br)n2nnnc12. The van der Waals surface area contributed by atoms with Gasteiger partial charge in [0.2, 0.25) is 0 Å². The van der Waals surface area contributed by atoms with Crippen molar-refractivity contribution in [2.45, 2.75) is 0 Å². The normalized spacial score (nSPS) is 10.4. The number of carbonyl (C=O) groups excluding carboxylic acids is 1. The Morgan fingerprint density at radius 3 is 3.07 bits per heavy atom. The number of carbonyl (C=O) groups is 1. The second-order valence-electron chi connectivity index (χ2n) is 2.48. The van der Waals surface area contributed by atoms with Crippen LogP contribution >= 0.6 is 15.9 Å². The minimum atomic E-state index is -0.461. The first-order valence-electron chi connectivity index (χ1n) is 3.69. The van der Waals surface area contributed by atoms with E-state index < -0.39 is 5.97 Å². The molecule has 0 saturated carbocycles. The van der Waals surface area contributed by atoms with Crippen molar-refractivity contribution in [2.24, 2.45) is 0 Å². The van der Waals surface area contributed by atoms with E-state index in [4.69, 9.17) is 0 Å². The van der Waals surface area contributed by atoms with Crippen molar-refractivity contribution >= 4 is 27.5 Å². The second kappa shape index (κ2) is 3.33. The monoisotopic (exact) mass is 256 g/mol. The lowest BCUT2D eigenvalue weighted by molar-refractivity contribution is 0.0602. The third kappa shape index (κ3) is 1.25. The van der Waals surface area contributed by atoms with Gasteiger partial charge in [-0.2, -0.15) is 4.52 Å². The number of tetrazole rings is 1. The summed E-state index contributed by atoms with van der Waals surface area (Å²) in [6.07, 6.45) is 0. The fourth-order valence-electron chi connectivity index (χ4n) is 1.07. The van der Waals surface area contributed by atoms with E-state index >= 15 is 0 Å². The number of methoxy groups -OCH3 is 1. The molecule has 0 aliphatic carbocycles. The van der Waals surface area contributed by atoms with E-state index in [1.807, 2.05) is 0 Å². The topological polar surface area (TPSA) is 69.4 Å². The van der Waals surface area contributed by atoms with Crippen molar-refractivity contribution in [1.29, 1.82) is 0 Å². The molecule has 0 radical (unpaired) electrons. The maximum atomic E-state index is 11.3. The highest BCUT2D eigenvalue weighted by atomic mass is 79.9. The molecule has 2 rings (SSSR count). The molecule has 14 heavy (non-hydrogen) atoms. The quantitative estimate of drug-likeness (QED) is 0.554. The van der Waals surface area contributed by atoms with E-state index in [0.717, 1.165) is 0 Å². The van der Waals surface area contributed by atoms with Gasteiger partial charge < -0.3 is 4.74 Å². The molecular formula is C7H5BrN4O2. The molecule has 6 nitrogen and oxygen atoms in total. The molecule has 0 aliphatic heterocycles. The number of hydrogen-bond donors (Lipinski definition) is 0. The van der Waals surface area contributed by atoms with Crippen LogP contribution in [0, 0.1) is 0 Å². The Kier molecular flexibility index (Phi) is 2.16. The molecule has 0 unspecified atom stereocenters. The summed E-state index contributed by atoms with van der Waals surface area (Å²) in [5.74, 6) is -0.461. The van der Waals surface area contributed by atoms with Gasteiger partial charge in [-0.1, -0.05) is 0 Å². The number of hydrogen-bond acceptors (Lipinski definition) is 5. The summed E-state index contributed by atoms with van der Waals surface area (Å²) >= 11 is 3.25. The molecule has 0 aliphatic rings. The summed E-state index contributed by atoms with van der Waals surface area (Å²) in [5.41, 5.74) is 0.701. The maximum Gasteiger partial charge on any atom is 0.341 e. The first kappa shape index (κ1) is 9.07. The zero-order valence-corrected chi connectivity index (χ0v) is 8.72. The van der Waals surface area contributed by atoms with E-state index in [1.54, 1.807) is 12.1 Å². The van der Waals surface area contributed by atoms with Gasteiger partial charge in [0.25, 0.3) is 0 Å². The van der Waals surface area contributed by atoms with E-state index in [1.165, 1.54) is 11.6 Å². The lowest BCUT2D eigenvalue weighted by Gasteiger charge is -2.00. The van der Waals surface area contributed by atoms with Crippen LogP contribution in [-0.4, -0.2) is 33.1 Å². The molecule has 0 spiro atoms. The Balaban J connectivity index is 2.72. The Hall–Kier alpha value is -1.50. The maximum absolute atomic E-state index is 11.3. The number of fused-ring (bicyclic) bond motifs is 1. The van der Waals surface area contributed by atoms with Crippen LogP contribution in [0.5, 0.6) is 0 Å². The highest BCUT2D eigenvalue weighted by Crippen LogP contribution is 2.15. The molecular weight excluding hydrogens is 252 g/mol. The summed E-state index contributed by atoms with van der Waals surface area (Å²) in [4.78, 5) is 11.3. The van der Waals surface area contributed by atoms with Crippen molar-refractivity contribution in [3.63, 3.8) is 0 Å². The van der Waals surface area contributed by atoms with Crippen molar-refractivity contribution in [1.82, 2.24) is 20.0 Å². The van der Waals surface area contributed by atoms with Gasteiger partial charge >= 0.3 is 5.97 Å².